The number of anilines is 2. The SMILES string of the molecule is CCN1CCOC(CNc2ncnc3cc(N)ccc23)C1. The molecule has 21 heavy (non-hydrogen) atoms. The molecule has 6 nitrogen and oxygen atoms in total. The van der Waals surface area contributed by atoms with Crippen molar-refractivity contribution in [1.82, 2.24) is 14.9 Å². The number of aromatic nitrogens is 2. The second-order valence-electron chi connectivity index (χ2n) is 5.27. The van der Waals surface area contributed by atoms with Crippen LogP contribution in [0.15, 0.2) is 24.5 Å². The fourth-order valence-corrected chi connectivity index (χ4v) is 2.62. The van der Waals surface area contributed by atoms with E-state index in [1.165, 1.54) is 0 Å². The fraction of sp³-hybridized carbons (Fsp3) is 0.467. The summed E-state index contributed by atoms with van der Waals surface area (Å²) < 4.78 is 5.80. The Morgan fingerprint density at radius 1 is 1.43 bits per heavy atom. The largest absolute Gasteiger partial charge is 0.399 e. The molecule has 1 aromatic heterocycles. The minimum Gasteiger partial charge on any atom is -0.399 e. The topological polar surface area (TPSA) is 76.3 Å². The van der Waals surface area contributed by atoms with Gasteiger partial charge in [0.2, 0.25) is 0 Å². The van der Waals surface area contributed by atoms with E-state index >= 15 is 0 Å². The van der Waals surface area contributed by atoms with Gasteiger partial charge in [-0.1, -0.05) is 6.92 Å². The molecule has 2 aromatic rings. The lowest BCUT2D eigenvalue weighted by atomic mass is 10.2. The number of rotatable bonds is 4. The number of hydrogen-bond donors (Lipinski definition) is 2. The third-order valence-electron chi connectivity index (χ3n) is 3.83. The monoisotopic (exact) mass is 287 g/mol. The average Bonchev–Trinajstić information content (AvgIpc) is 2.52. The highest BCUT2D eigenvalue weighted by Gasteiger charge is 2.19. The Morgan fingerprint density at radius 3 is 3.19 bits per heavy atom. The molecule has 1 aromatic carbocycles. The van der Waals surface area contributed by atoms with Gasteiger partial charge in [-0.15, -0.1) is 0 Å². The number of nitrogen functional groups attached to an aromatic ring is 1. The summed E-state index contributed by atoms with van der Waals surface area (Å²) in [4.78, 5) is 11.0. The molecule has 0 bridgehead atoms. The van der Waals surface area contributed by atoms with E-state index in [0.29, 0.717) is 5.69 Å². The molecule has 3 rings (SSSR count). The molecule has 0 radical (unpaired) electrons. The van der Waals surface area contributed by atoms with Crippen molar-refractivity contribution in [3.63, 3.8) is 0 Å². The number of likely N-dealkylation sites (N-methyl/N-ethyl adjacent to an activating group) is 1. The van der Waals surface area contributed by atoms with Crippen molar-refractivity contribution < 1.29 is 4.74 Å². The summed E-state index contributed by atoms with van der Waals surface area (Å²) >= 11 is 0. The molecule has 6 heteroatoms. The molecular weight excluding hydrogens is 266 g/mol. The Morgan fingerprint density at radius 2 is 2.33 bits per heavy atom. The van der Waals surface area contributed by atoms with Gasteiger partial charge in [0.25, 0.3) is 0 Å². The first kappa shape index (κ1) is 14.0. The van der Waals surface area contributed by atoms with Gasteiger partial charge in [-0.2, -0.15) is 0 Å². The number of fused-ring (bicyclic) bond motifs is 1. The summed E-state index contributed by atoms with van der Waals surface area (Å²) in [7, 11) is 0. The predicted molar refractivity (Wildman–Crippen MR) is 84.3 cm³/mol. The molecule has 1 saturated heterocycles. The minimum absolute atomic E-state index is 0.192. The lowest BCUT2D eigenvalue weighted by molar-refractivity contribution is -0.0192. The van der Waals surface area contributed by atoms with E-state index in [4.69, 9.17) is 10.5 Å². The minimum atomic E-state index is 0.192. The van der Waals surface area contributed by atoms with Crippen molar-refractivity contribution in [3.8, 4) is 0 Å². The van der Waals surface area contributed by atoms with Crippen molar-refractivity contribution in [1.29, 1.82) is 0 Å². The first-order chi connectivity index (χ1) is 10.3. The van der Waals surface area contributed by atoms with E-state index in [1.54, 1.807) is 6.33 Å². The number of nitrogens with one attached hydrogen (secondary N) is 1. The number of hydrogen-bond acceptors (Lipinski definition) is 6. The first-order valence-corrected chi connectivity index (χ1v) is 7.34. The molecule has 3 N–H and O–H groups in total. The highest BCUT2D eigenvalue weighted by molar-refractivity contribution is 5.90. The van der Waals surface area contributed by atoms with Gasteiger partial charge in [0.1, 0.15) is 12.1 Å². The number of ether oxygens (including phenoxy) is 1. The fourth-order valence-electron chi connectivity index (χ4n) is 2.62. The van der Waals surface area contributed by atoms with Crippen LogP contribution in [0.1, 0.15) is 6.92 Å². The smallest absolute Gasteiger partial charge is 0.137 e. The van der Waals surface area contributed by atoms with Crippen molar-refractivity contribution in [2.75, 3.05) is 43.8 Å². The number of morpholine rings is 1. The highest BCUT2D eigenvalue weighted by atomic mass is 16.5. The summed E-state index contributed by atoms with van der Waals surface area (Å²) in [6, 6.07) is 5.68. The number of benzene rings is 1. The highest BCUT2D eigenvalue weighted by Crippen LogP contribution is 2.21. The van der Waals surface area contributed by atoms with Crippen molar-refractivity contribution in [3.05, 3.63) is 24.5 Å². The molecule has 1 fully saturated rings. The van der Waals surface area contributed by atoms with E-state index in [1.807, 2.05) is 18.2 Å². The summed E-state index contributed by atoms with van der Waals surface area (Å²) in [5, 5.41) is 4.36. The molecular formula is C15H21N5O. The third kappa shape index (κ3) is 3.22. The molecule has 0 amide bonds. The van der Waals surface area contributed by atoms with Gasteiger partial charge in [0.05, 0.1) is 18.2 Å². The van der Waals surface area contributed by atoms with Gasteiger partial charge in [-0.05, 0) is 24.7 Å². The Labute approximate surface area is 124 Å². The van der Waals surface area contributed by atoms with Crippen LogP contribution in [-0.4, -0.2) is 53.8 Å². The average molecular weight is 287 g/mol. The zero-order chi connectivity index (χ0) is 14.7. The van der Waals surface area contributed by atoms with Gasteiger partial charge in [-0.25, -0.2) is 9.97 Å². The Hall–Kier alpha value is -1.92. The predicted octanol–water partition coefficient (Wildman–Crippen LogP) is 1.34. The molecule has 1 unspecified atom stereocenters. The maximum absolute atomic E-state index is 5.80. The van der Waals surface area contributed by atoms with E-state index in [0.717, 1.165) is 49.5 Å². The normalized spacial score (nSPS) is 19.8. The number of nitrogens with two attached hydrogens (primary N) is 1. The van der Waals surface area contributed by atoms with E-state index in [-0.39, 0.29) is 6.10 Å². The standard InChI is InChI=1S/C15H21N5O/c1-2-20-5-6-21-12(9-20)8-17-15-13-4-3-11(16)7-14(13)18-10-19-15/h3-4,7,10,12H,2,5-6,8-9,16H2,1H3,(H,17,18,19). The second kappa shape index (κ2) is 6.24. The van der Waals surface area contributed by atoms with Crippen LogP contribution in [0, 0.1) is 0 Å². The lowest BCUT2D eigenvalue weighted by Crippen LogP contribution is -2.45. The molecule has 0 aliphatic carbocycles. The molecule has 1 atom stereocenters. The second-order valence-corrected chi connectivity index (χ2v) is 5.27. The molecule has 112 valence electrons. The molecule has 0 saturated carbocycles. The van der Waals surface area contributed by atoms with Gasteiger partial charge in [0, 0.05) is 30.7 Å². The van der Waals surface area contributed by atoms with Gasteiger partial charge in [-0.3, -0.25) is 4.90 Å². The lowest BCUT2D eigenvalue weighted by Gasteiger charge is -2.32. The zero-order valence-electron chi connectivity index (χ0n) is 12.2. The van der Waals surface area contributed by atoms with E-state index < -0.39 is 0 Å². The van der Waals surface area contributed by atoms with Gasteiger partial charge >= 0.3 is 0 Å². The van der Waals surface area contributed by atoms with Gasteiger partial charge in [0.15, 0.2) is 0 Å². The van der Waals surface area contributed by atoms with Gasteiger partial charge < -0.3 is 15.8 Å². The summed E-state index contributed by atoms with van der Waals surface area (Å²) in [6.45, 7) is 6.75. The van der Waals surface area contributed by atoms with Crippen LogP contribution in [0.2, 0.25) is 0 Å². The number of nitrogens with zero attached hydrogens (tertiary/aromatic N) is 3. The van der Waals surface area contributed by atoms with Crippen LogP contribution in [-0.2, 0) is 4.74 Å². The van der Waals surface area contributed by atoms with Crippen molar-refractivity contribution in [2.45, 2.75) is 13.0 Å². The van der Waals surface area contributed by atoms with E-state index in [2.05, 4.69) is 27.1 Å². The maximum Gasteiger partial charge on any atom is 0.137 e. The van der Waals surface area contributed by atoms with Crippen LogP contribution >= 0.6 is 0 Å². The van der Waals surface area contributed by atoms with E-state index in [9.17, 15) is 0 Å². The van der Waals surface area contributed by atoms with Crippen LogP contribution in [0.3, 0.4) is 0 Å². The molecule has 1 aliphatic rings. The van der Waals surface area contributed by atoms with Crippen LogP contribution in [0.4, 0.5) is 11.5 Å². The third-order valence-corrected chi connectivity index (χ3v) is 3.83. The van der Waals surface area contributed by atoms with Crippen molar-refractivity contribution >= 4 is 22.4 Å². The maximum atomic E-state index is 5.80. The Bertz CT molecular complexity index is 618. The summed E-state index contributed by atoms with van der Waals surface area (Å²) in [6.07, 6.45) is 1.75. The molecule has 1 aliphatic heterocycles. The zero-order valence-corrected chi connectivity index (χ0v) is 12.2. The first-order valence-electron chi connectivity index (χ1n) is 7.34. The molecule has 2 heterocycles. The Kier molecular flexibility index (Phi) is 4.17. The van der Waals surface area contributed by atoms with Crippen LogP contribution < -0.4 is 11.1 Å². The van der Waals surface area contributed by atoms with Crippen molar-refractivity contribution in [2.24, 2.45) is 0 Å². The Balaban J connectivity index is 1.70. The molecule has 0 spiro atoms. The quantitative estimate of drug-likeness (QED) is 0.827. The van der Waals surface area contributed by atoms with Crippen LogP contribution in [0.5, 0.6) is 0 Å². The van der Waals surface area contributed by atoms with Crippen LogP contribution in [0.25, 0.3) is 10.9 Å². The summed E-state index contributed by atoms with van der Waals surface area (Å²) in [5.74, 6) is 0.831. The summed E-state index contributed by atoms with van der Waals surface area (Å²) in [5.41, 5.74) is 7.35.